The third-order valence-electron chi connectivity index (χ3n) is 13.0. The summed E-state index contributed by atoms with van der Waals surface area (Å²) in [7, 11) is 2.80. The predicted octanol–water partition coefficient (Wildman–Crippen LogP) is 6.00. The van der Waals surface area contributed by atoms with Gasteiger partial charge in [-0.15, -0.1) is 9.59 Å². The molecule has 0 aliphatic heterocycles. The largest absolute Gasteiger partial charge is 0.496 e. The number of benzene rings is 2. The molecule has 8 rings (SSSR count). The van der Waals surface area contributed by atoms with E-state index in [-0.39, 0.29) is 69.4 Å². The van der Waals surface area contributed by atoms with E-state index in [9.17, 15) is 58.3 Å². The van der Waals surface area contributed by atoms with Crippen LogP contribution in [0.15, 0.2) is 80.4 Å². The minimum Gasteiger partial charge on any atom is -0.496 e. The molecule has 2 aromatic carbocycles. The molecule has 24 nitrogen and oxygen atoms in total. The van der Waals surface area contributed by atoms with Gasteiger partial charge >= 0.3 is 23.3 Å². The number of carboxylic acids is 2. The molecule has 8 aromatic rings. The highest BCUT2D eigenvalue weighted by Crippen LogP contribution is 2.37. The molecule has 0 aliphatic carbocycles. The van der Waals surface area contributed by atoms with E-state index in [1.165, 1.54) is 122 Å². The first-order chi connectivity index (χ1) is 37.8. The van der Waals surface area contributed by atoms with Crippen LogP contribution < -0.4 is 32.0 Å². The number of ether oxygens (including phenoxy) is 4. The second kappa shape index (κ2) is 23.7. The number of methoxy groups -OCH3 is 2. The standard InChI is InChI=1S/2C26H27FN6O6S/c2*1-14(11-28)13-39-19(17-10-16(27)6-7-18(17)38-5)12-31-23-20(15(2)22(40-23)33-29-8-9-30-33)21(34)32(25(31)37)26(3,4)24(35)36/h2*6-10,14,19H,12-13H2,1-5H3,(H,35,36)/t14?,19-;14-,19+/m01/s1. The van der Waals surface area contributed by atoms with Crippen LogP contribution in [0.4, 0.5) is 8.78 Å². The van der Waals surface area contributed by atoms with Gasteiger partial charge < -0.3 is 29.2 Å². The van der Waals surface area contributed by atoms with Crippen molar-refractivity contribution in [3.63, 3.8) is 0 Å². The molecule has 0 bridgehead atoms. The topological polar surface area (TPSA) is 309 Å². The predicted molar refractivity (Wildman–Crippen MR) is 287 cm³/mol. The lowest BCUT2D eigenvalue weighted by Gasteiger charge is -2.26. The van der Waals surface area contributed by atoms with E-state index in [1.54, 1.807) is 27.7 Å². The van der Waals surface area contributed by atoms with Crippen LogP contribution in [0.1, 0.15) is 76.0 Å². The van der Waals surface area contributed by atoms with Crippen LogP contribution in [0.25, 0.3) is 30.4 Å². The number of hydrogen-bond acceptors (Lipinski definition) is 18. The highest BCUT2D eigenvalue weighted by Gasteiger charge is 2.38. The molecule has 0 saturated heterocycles. The summed E-state index contributed by atoms with van der Waals surface area (Å²) in [5.74, 6) is -4.42. The summed E-state index contributed by atoms with van der Waals surface area (Å²) >= 11 is 2.14. The molecule has 0 radical (unpaired) electrons. The maximum atomic E-state index is 14.4. The summed E-state index contributed by atoms with van der Waals surface area (Å²) in [5.41, 5.74) is -5.76. The van der Waals surface area contributed by atoms with Crippen LogP contribution in [0.5, 0.6) is 11.5 Å². The minimum absolute atomic E-state index is 0.0507. The molecule has 0 saturated carbocycles. The summed E-state index contributed by atoms with van der Waals surface area (Å²) in [6.07, 6.45) is 3.79. The number of rotatable bonds is 20. The zero-order valence-electron chi connectivity index (χ0n) is 44.8. The SMILES string of the molecule is COc1ccc(F)cc1[C@H](Cn1c(=O)n(C(C)(C)C(=O)O)c(=O)c2c(C)c(-n3nccn3)sc21)OCC(C)C#N.COc1ccc(F)cc1[C@H](Cn1c(=O)n(C(C)(C)C(=O)O)c(=O)c2c(C)c(-n3nccn3)sc21)OC[C@H](C)C#N. The first kappa shape index (κ1) is 59.0. The quantitative estimate of drug-likeness (QED) is 0.0884. The first-order valence-electron chi connectivity index (χ1n) is 24.3. The Hall–Kier alpha value is -8.70. The van der Waals surface area contributed by atoms with E-state index < -0.39 is 81.2 Å². The molecule has 0 amide bonds. The van der Waals surface area contributed by atoms with Crippen molar-refractivity contribution < 1.29 is 47.5 Å². The molecule has 1 unspecified atom stereocenters. The number of aliphatic carboxylic acids is 2. The van der Waals surface area contributed by atoms with Crippen LogP contribution >= 0.6 is 22.7 Å². The lowest BCUT2D eigenvalue weighted by atomic mass is 10.1. The highest BCUT2D eigenvalue weighted by molar-refractivity contribution is 7.21. The second-order valence-electron chi connectivity index (χ2n) is 19.3. The molecule has 80 heavy (non-hydrogen) atoms. The maximum Gasteiger partial charge on any atom is 0.333 e. The number of nitrogens with zero attached hydrogens (tertiary/aromatic N) is 12. The molecule has 0 fully saturated rings. The van der Waals surface area contributed by atoms with E-state index in [2.05, 4.69) is 32.5 Å². The molecular formula is C52H54F2N12O12S2. The molecule has 6 aromatic heterocycles. The monoisotopic (exact) mass is 1140 g/mol. The van der Waals surface area contributed by atoms with E-state index in [0.29, 0.717) is 30.3 Å². The summed E-state index contributed by atoms with van der Waals surface area (Å²) < 4.78 is 55.6. The zero-order valence-corrected chi connectivity index (χ0v) is 46.5. The number of thiophene rings is 2. The fourth-order valence-electron chi connectivity index (χ4n) is 8.51. The minimum atomic E-state index is -1.91. The molecular weight excluding hydrogens is 1090 g/mol. The smallest absolute Gasteiger partial charge is 0.333 e. The summed E-state index contributed by atoms with van der Waals surface area (Å²) in [5, 5.41) is 56.1. The third kappa shape index (κ3) is 11.3. The lowest BCUT2D eigenvalue weighted by molar-refractivity contribution is -0.146. The maximum absolute atomic E-state index is 14.4. The number of hydrogen-bond donors (Lipinski definition) is 2. The highest BCUT2D eigenvalue weighted by atomic mass is 32.1. The number of carbonyl (C=O) groups is 2. The molecule has 2 N–H and O–H groups in total. The van der Waals surface area contributed by atoms with Crippen LogP contribution in [-0.4, -0.2) is 97.8 Å². The molecule has 28 heteroatoms. The fraction of sp³-hybridized carbons (Fsp3) is 0.385. The second-order valence-corrected chi connectivity index (χ2v) is 21.3. The average molecular weight is 1140 g/mol. The average Bonchev–Trinajstić information content (AvgIpc) is 4.27. The van der Waals surface area contributed by atoms with Gasteiger partial charge in [0.1, 0.15) is 66.1 Å². The number of carboxylic acid groups (broad SMARTS) is 2. The van der Waals surface area contributed by atoms with Crippen LogP contribution in [0.3, 0.4) is 0 Å². The van der Waals surface area contributed by atoms with Gasteiger partial charge in [-0.05, 0) is 91.8 Å². The molecule has 0 aliphatic rings. The molecule has 6 heterocycles. The lowest BCUT2D eigenvalue weighted by Crippen LogP contribution is -2.52. The van der Waals surface area contributed by atoms with Crippen LogP contribution in [-0.2, 0) is 43.2 Å². The normalized spacial score (nSPS) is 13.2. The Labute approximate surface area is 461 Å². The zero-order chi connectivity index (χ0) is 58.7. The number of nitriles is 2. The van der Waals surface area contributed by atoms with Crippen LogP contribution in [0.2, 0.25) is 0 Å². The Morgan fingerprint density at radius 1 is 0.637 bits per heavy atom. The molecule has 0 spiro atoms. The Morgan fingerprint density at radius 2 is 0.975 bits per heavy atom. The van der Waals surface area contributed by atoms with Gasteiger partial charge in [0, 0.05) is 22.3 Å². The Balaban J connectivity index is 0.000000231. The van der Waals surface area contributed by atoms with E-state index in [4.69, 9.17) is 18.9 Å². The van der Waals surface area contributed by atoms with Gasteiger partial charge in [0.05, 0.1) is 100 Å². The Kier molecular flexibility index (Phi) is 17.5. The number of fused-ring (bicyclic) bond motifs is 2. The van der Waals surface area contributed by atoms with Gasteiger partial charge in [0.25, 0.3) is 11.1 Å². The van der Waals surface area contributed by atoms with E-state index in [1.807, 2.05) is 0 Å². The van der Waals surface area contributed by atoms with Crippen LogP contribution in [0, 0.1) is 60.0 Å². The van der Waals surface area contributed by atoms with Gasteiger partial charge in [-0.2, -0.15) is 30.9 Å². The molecule has 4 atom stereocenters. The van der Waals surface area contributed by atoms with Crippen molar-refractivity contribution in [1.29, 1.82) is 10.5 Å². The van der Waals surface area contributed by atoms with Crippen molar-refractivity contribution >= 4 is 55.0 Å². The number of aromatic nitrogens is 10. The van der Waals surface area contributed by atoms with Gasteiger partial charge in [-0.25, -0.2) is 37.1 Å². The van der Waals surface area contributed by atoms with Gasteiger partial charge in [0.2, 0.25) is 0 Å². The summed E-state index contributed by atoms with van der Waals surface area (Å²) in [4.78, 5) is 82.8. The van der Waals surface area contributed by atoms with Gasteiger partial charge in [0.15, 0.2) is 0 Å². The third-order valence-corrected chi connectivity index (χ3v) is 15.6. The molecule has 420 valence electrons. The van der Waals surface area contributed by atoms with Crippen molar-refractivity contribution in [3.8, 4) is 33.6 Å². The summed E-state index contributed by atoms with van der Waals surface area (Å²) in [6, 6.07) is 11.8. The Bertz CT molecular complexity index is 3720. The fourth-order valence-corrected chi connectivity index (χ4v) is 11.0. The van der Waals surface area contributed by atoms with Crippen molar-refractivity contribution in [3.05, 3.63) is 137 Å². The Morgan fingerprint density at radius 3 is 1.27 bits per heavy atom. The van der Waals surface area contributed by atoms with Crippen molar-refractivity contribution in [2.75, 3.05) is 27.4 Å². The van der Waals surface area contributed by atoms with Crippen molar-refractivity contribution in [2.24, 2.45) is 11.8 Å². The van der Waals surface area contributed by atoms with E-state index >= 15 is 0 Å². The van der Waals surface area contributed by atoms with Crippen molar-refractivity contribution in [2.45, 2.75) is 91.8 Å². The summed E-state index contributed by atoms with van der Waals surface area (Å²) in [6.45, 7) is 11.0. The first-order valence-corrected chi connectivity index (χ1v) is 26.0. The number of aryl methyl sites for hydroxylation is 2. The van der Waals surface area contributed by atoms with Gasteiger partial charge in [-0.1, -0.05) is 22.7 Å². The van der Waals surface area contributed by atoms with Gasteiger partial charge in [-0.3, -0.25) is 18.7 Å². The van der Waals surface area contributed by atoms with E-state index in [0.717, 1.165) is 22.7 Å². The number of halogens is 2. The van der Waals surface area contributed by atoms with Crippen molar-refractivity contribution in [1.82, 2.24) is 48.3 Å².